The van der Waals surface area contributed by atoms with E-state index in [0.29, 0.717) is 16.8 Å². The zero-order valence-corrected chi connectivity index (χ0v) is 12.6. The highest BCUT2D eigenvalue weighted by Gasteiger charge is 2.08. The molecule has 3 rings (SSSR count). The molecule has 0 fully saturated rings. The molecule has 0 spiro atoms. The van der Waals surface area contributed by atoms with Crippen molar-refractivity contribution in [1.29, 1.82) is 0 Å². The maximum atomic E-state index is 11.0. The van der Waals surface area contributed by atoms with Gasteiger partial charge in [-0.05, 0) is 36.4 Å². The number of rotatable bonds is 3. The van der Waals surface area contributed by atoms with Crippen molar-refractivity contribution < 1.29 is 18.1 Å². The lowest BCUT2D eigenvalue weighted by atomic mass is 10.1. The molecule has 0 saturated carbocycles. The number of hydrogen-bond donors (Lipinski definition) is 2. The van der Waals surface area contributed by atoms with Gasteiger partial charge in [-0.25, -0.2) is 0 Å². The second-order valence-corrected chi connectivity index (χ2v) is 6.24. The van der Waals surface area contributed by atoms with Crippen LogP contribution in [0.2, 0.25) is 0 Å². The highest BCUT2D eigenvalue weighted by molar-refractivity contribution is 7.85. The summed E-state index contributed by atoms with van der Waals surface area (Å²) in [6.07, 6.45) is 0. The zero-order valence-electron chi connectivity index (χ0n) is 11.8. The second kappa shape index (κ2) is 5.79. The molecule has 0 atom stereocenters. The molecule has 6 nitrogen and oxygen atoms in total. The number of phenolic OH excluding ortho intramolecular Hbond substituents is 1. The van der Waals surface area contributed by atoms with E-state index in [1.54, 1.807) is 12.1 Å². The first-order valence-corrected chi connectivity index (χ1v) is 8.09. The molecule has 3 aromatic carbocycles. The minimum absolute atomic E-state index is 0.164. The third-order valence-corrected chi connectivity index (χ3v) is 4.15. The van der Waals surface area contributed by atoms with E-state index in [2.05, 4.69) is 10.2 Å². The first kappa shape index (κ1) is 15.1. The minimum Gasteiger partial charge on any atom is -0.507 e. The van der Waals surface area contributed by atoms with Gasteiger partial charge in [0.15, 0.2) is 0 Å². The summed E-state index contributed by atoms with van der Waals surface area (Å²) in [5, 5.41) is 19.4. The Balaban J connectivity index is 1.96. The predicted molar refractivity (Wildman–Crippen MR) is 86.0 cm³/mol. The summed E-state index contributed by atoms with van der Waals surface area (Å²) in [4.78, 5) is -0.202. The molecule has 2 N–H and O–H groups in total. The van der Waals surface area contributed by atoms with Crippen LogP contribution in [-0.2, 0) is 10.1 Å². The van der Waals surface area contributed by atoms with E-state index in [4.69, 9.17) is 4.55 Å². The van der Waals surface area contributed by atoms with Gasteiger partial charge in [0.25, 0.3) is 10.1 Å². The zero-order chi connectivity index (χ0) is 16.4. The number of hydrogen-bond acceptors (Lipinski definition) is 5. The van der Waals surface area contributed by atoms with E-state index < -0.39 is 10.1 Å². The monoisotopic (exact) mass is 328 g/mol. The van der Waals surface area contributed by atoms with Crippen LogP contribution in [0, 0.1) is 0 Å². The Morgan fingerprint density at radius 2 is 1.43 bits per heavy atom. The van der Waals surface area contributed by atoms with Crippen LogP contribution in [0.4, 0.5) is 11.4 Å². The first-order valence-electron chi connectivity index (χ1n) is 6.65. The van der Waals surface area contributed by atoms with Crippen molar-refractivity contribution in [2.75, 3.05) is 0 Å². The molecule has 0 bridgehead atoms. The Labute approximate surface area is 132 Å². The van der Waals surface area contributed by atoms with Crippen LogP contribution in [0.3, 0.4) is 0 Å². The predicted octanol–water partition coefficient (Wildman–Crippen LogP) is 4.21. The second-order valence-electron chi connectivity index (χ2n) is 4.82. The van der Waals surface area contributed by atoms with E-state index >= 15 is 0 Å². The van der Waals surface area contributed by atoms with Crippen molar-refractivity contribution >= 4 is 32.3 Å². The third kappa shape index (κ3) is 3.20. The van der Waals surface area contributed by atoms with Gasteiger partial charge in [0, 0.05) is 10.8 Å². The van der Waals surface area contributed by atoms with Gasteiger partial charge in [-0.15, -0.1) is 5.11 Å². The molecular formula is C16H12N2O4S. The van der Waals surface area contributed by atoms with Gasteiger partial charge >= 0.3 is 0 Å². The summed E-state index contributed by atoms with van der Waals surface area (Å²) >= 11 is 0. The number of azo groups is 1. The maximum absolute atomic E-state index is 11.0. The molecule has 0 aromatic heterocycles. The van der Waals surface area contributed by atoms with Gasteiger partial charge in [-0.2, -0.15) is 13.5 Å². The molecule has 0 aliphatic rings. The van der Waals surface area contributed by atoms with E-state index in [1.807, 2.05) is 18.2 Å². The SMILES string of the molecule is O=S(=O)(O)c1ccc(N=Nc2ccc(O)c3ccccc23)cc1. The number of aromatic hydroxyl groups is 1. The van der Waals surface area contributed by atoms with Crippen LogP contribution in [0.1, 0.15) is 0 Å². The molecule has 0 aliphatic carbocycles. The van der Waals surface area contributed by atoms with Crippen LogP contribution in [0.5, 0.6) is 5.75 Å². The topological polar surface area (TPSA) is 99.3 Å². The third-order valence-electron chi connectivity index (χ3n) is 3.29. The van der Waals surface area contributed by atoms with Crippen molar-refractivity contribution in [2.45, 2.75) is 4.90 Å². The fraction of sp³-hybridized carbons (Fsp3) is 0. The van der Waals surface area contributed by atoms with Gasteiger partial charge in [0.1, 0.15) is 5.75 Å². The summed E-state index contributed by atoms with van der Waals surface area (Å²) in [5.41, 5.74) is 1.02. The quantitative estimate of drug-likeness (QED) is 0.555. The maximum Gasteiger partial charge on any atom is 0.294 e. The van der Waals surface area contributed by atoms with Crippen LogP contribution in [0.25, 0.3) is 10.8 Å². The van der Waals surface area contributed by atoms with E-state index in [1.165, 1.54) is 30.3 Å². The van der Waals surface area contributed by atoms with Crippen LogP contribution in [-0.4, -0.2) is 18.1 Å². The number of phenols is 1. The molecule has 0 heterocycles. The number of benzene rings is 3. The Morgan fingerprint density at radius 1 is 0.783 bits per heavy atom. The van der Waals surface area contributed by atoms with Gasteiger partial charge in [-0.1, -0.05) is 24.3 Å². The van der Waals surface area contributed by atoms with Crippen molar-refractivity contribution in [3.8, 4) is 5.75 Å². The Bertz CT molecular complexity index is 996. The molecule has 116 valence electrons. The standard InChI is InChI=1S/C16H12N2O4S/c19-16-10-9-15(13-3-1-2-4-14(13)16)18-17-11-5-7-12(8-6-11)23(20,21)22/h1-10,19H,(H,20,21,22). The van der Waals surface area contributed by atoms with Gasteiger partial charge in [-0.3, -0.25) is 4.55 Å². The van der Waals surface area contributed by atoms with E-state index in [9.17, 15) is 13.5 Å². The number of fused-ring (bicyclic) bond motifs is 1. The normalized spacial score (nSPS) is 12.0. The van der Waals surface area contributed by atoms with Crippen LogP contribution >= 0.6 is 0 Å². The Morgan fingerprint density at radius 3 is 2.09 bits per heavy atom. The van der Waals surface area contributed by atoms with E-state index in [-0.39, 0.29) is 10.6 Å². The molecule has 0 unspecified atom stereocenters. The highest BCUT2D eigenvalue weighted by atomic mass is 32.2. The van der Waals surface area contributed by atoms with Crippen LogP contribution in [0.15, 0.2) is 75.8 Å². The smallest absolute Gasteiger partial charge is 0.294 e. The van der Waals surface area contributed by atoms with Gasteiger partial charge < -0.3 is 5.11 Å². The highest BCUT2D eigenvalue weighted by Crippen LogP contribution is 2.33. The Kier molecular flexibility index (Phi) is 3.81. The largest absolute Gasteiger partial charge is 0.507 e. The van der Waals surface area contributed by atoms with Gasteiger partial charge in [0.2, 0.25) is 0 Å². The summed E-state index contributed by atoms with van der Waals surface area (Å²) in [6, 6.07) is 15.8. The summed E-state index contributed by atoms with van der Waals surface area (Å²) in [7, 11) is -4.22. The molecule has 0 amide bonds. The van der Waals surface area contributed by atoms with Crippen molar-refractivity contribution in [1.82, 2.24) is 0 Å². The lowest BCUT2D eigenvalue weighted by Crippen LogP contribution is -1.96. The molecule has 0 radical (unpaired) electrons. The average Bonchev–Trinajstić information content (AvgIpc) is 2.54. The van der Waals surface area contributed by atoms with Crippen LogP contribution < -0.4 is 0 Å². The fourth-order valence-corrected chi connectivity index (χ4v) is 2.63. The lowest BCUT2D eigenvalue weighted by Gasteiger charge is -2.03. The fourth-order valence-electron chi connectivity index (χ4n) is 2.15. The van der Waals surface area contributed by atoms with Crippen molar-refractivity contribution in [3.05, 3.63) is 60.7 Å². The Hall–Kier alpha value is -2.77. The molecule has 0 aliphatic heterocycles. The first-order chi connectivity index (χ1) is 10.9. The molecular weight excluding hydrogens is 316 g/mol. The minimum atomic E-state index is -4.22. The average molecular weight is 328 g/mol. The summed E-state index contributed by atoms with van der Waals surface area (Å²) in [6.45, 7) is 0. The molecule has 3 aromatic rings. The van der Waals surface area contributed by atoms with E-state index in [0.717, 1.165) is 5.39 Å². The summed E-state index contributed by atoms with van der Waals surface area (Å²) < 4.78 is 30.9. The summed E-state index contributed by atoms with van der Waals surface area (Å²) in [5.74, 6) is 0.164. The number of nitrogens with zero attached hydrogens (tertiary/aromatic N) is 2. The van der Waals surface area contributed by atoms with Crippen molar-refractivity contribution in [2.24, 2.45) is 10.2 Å². The molecule has 7 heteroatoms. The van der Waals surface area contributed by atoms with Crippen molar-refractivity contribution in [3.63, 3.8) is 0 Å². The molecule has 0 saturated heterocycles. The van der Waals surface area contributed by atoms with Gasteiger partial charge in [0.05, 0.1) is 16.3 Å². The molecule has 23 heavy (non-hydrogen) atoms. The lowest BCUT2D eigenvalue weighted by molar-refractivity contribution is 0.481.